The van der Waals surface area contributed by atoms with Gasteiger partial charge in [0.15, 0.2) is 0 Å². The Labute approximate surface area is 142 Å². The fraction of sp³-hybridized carbons (Fsp3) is 0.812. The maximum absolute atomic E-state index is 12.1. The number of hydrogen-bond acceptors (Lipinski definition) is 6. The van der Waals surface area contributed by atoms with Gasteiger partial charge in [-0.25, -0.2) is 0 Å². The van der Waals surface area contributed by atoms with Crippen LogP contribution in [0.25, 0.3) is 0 Å². The fourth-order valence-electron chi connectivity index (χ4n) is 3.10. The number of aromatic nitrogens is 2. The minimum atomic E-state index is 0.0527. The molecule has 0 aromatic carbocycles. The summed E-state index contributed by atoms with van der Waals surface area (Å²) in [7, 11) is 4.32. The Bertz CT molecular complexity index is 528. The number of carbonyl (C=O) groups is 1. The van der Waals surface area contributed by atoms with Crippen molar-refractivity contribution in [2.24, 2.45) is 0 Å². The lowest BCUT2D eigenvalue weighted by molar-refractivity contribution is -0.116. The molecule has 2 heterocycles. The molecule has 1 aliphatic carbocycles. The molecule has 7 heteroatoms. The van der Waals surface area contributed by atoms with E-state index in [1.165, 1.54) is 43.4 Å². The van der Waals surface area contributed by atoms with E-state index in [2.05, 4.69) is 39.4 Å². The molecule has 23 heavy (non-hydrogen) atoms. The first-order valence-corrected chi connectivity index (χ1v) is 9.45. The van der Waals surface area contributed by atoms with Crippen LogP contribution in [0.5, 0.6) is 0 Å². The number of nitrogens with zero attached hydrogens (tertiary/aromatic N) is 4. The second-order valence-electron chi connectivity index (χ2n) is 6.91. The van der Waals surface area contributed by atoms with Crippen molar-refractivity contribution in [3.05, 3.63) is 5.01 Å². The standard InChI is InChI=1S/C16H27N5OS/c1-20(2)13-4-3-9-21(10-7-13)11-8-14(22)17-16-19-18-15(23-16)12-5-6-12/h12-13H,3-11H2,1-2H3,(H,17,19,22)/t13-/m1/s1. The number of hydrogen-bond donors (Lipinski definition) is 1. The largest absolute Gasteiger partial charge is 0.306 e. The van der Waals surface area contributed by atoms with Gasteiger partial charge in [0.2, 0.25) is 11.0 Å². The van der Waals surface area contributed by atoms with Crippen LogP contribution in [0.2, 0.25) is 0 Å². The molecule has 3 rings (SSSR count). The van der Waals surface area contributed by atoms with Crippen LogP contribution in [-0.4, -0.2) is 65.7 Å². The van der Waals surface area contributed by atoms with E-state index in [1.807, 2.05) is 0 Å². The molecule has 1 saturated carbocycles. The Morgan fingerprint density at radius 1 is 1.26 bits per heavy atom. The van der Waals surface area contributed by atoms with Gasteiger partial charge < -0.3 is 15.1 Å². The Hall–Kier alpha value is -1.05. The van der Waals surface area contributed by atoms with E-state index in [0.29, 0.717) is 23.5 Å². The molecular formula is C16H27N5OS. The number of amides is 1. The van der Waals surface area contributed by atoms with E-state index < -0.39 is 0 Å². The lowest BCUT2D eigenvalue weighted by Gasteiger charge is -2.23. The first-order valence-electron chi connectivity index (χ1n) is 8.64. The predicted octanol–water partition coefficient (Wildman–Crippen LogP) is 2.16. The normalized spacial score (nSPS) is 23.0. The van der Waals surface area contributed by atoms with Crippen LogP contribution in [0.3, 0.4) is 0 Å². The Balaban J connectivity index is 1.39. The van der Waals surface area contributed by atoms with Gasteiger partial charge >= 0.3 is 0 Å². The maximum atomic E-state index is 12.1. The van der Waals surface area contributed by atoms with Crippen LogP contribution in [0.4, 0.5) is 5.13 Å². The van der Waals surface area contributed by atoms with Gasteiger partial charge in [0.1, 0.15) is 5.01 Å². The molecule has 0 bridgehead atoms. The monoisotopic (exact) mass is 337 g/mol. The van der Waals surface area contributed by atoms with Crippen molar-refractivity contribution in [2.75, 3.05) is 39.0 Å². The fourth-order valence-corrected chi connectivity index (χ4v) is 4.03. The lowest BCUT2D eigenvalue weighted by atomic mass is 10.1. The summed E-state index contributed by atoms with van der Waals surface area (Å²) in [6.07, 6.45) is 6.62. The molecule has 1 aliphatic heterocycles. The molecule has 2 aliphatic rings. The number of anilines is 1. The minimum Gasteiger partial charge on any atom is -0.306 e. The number of likely N-dealkylation sites (tertiary alicyclic amines) is 1. The third-order valence-corrected chi connectivity index (χ3v) is 5.79. The molecule has 0 unspecified atom stereocenters. The second-order valence-corrected chi connectivity index (χ2v) is 7.92. The third kappa shape index (κ3) is 4.96. The number of nitrogens with one attached hydrogen (secondary N) is 1. The molecule has 1 aromatic heterocycles. The van der Waals surface area contributed by atoms with Crippen molar-refractivity contribution in [3.8, 4) is 0 Å². The zero-order valence-electron chi connectivity index (χ0n) is 14.1. The predicted molar refractivity (Wildman–Crippen MR) is 92.9 cm³/mol. The highest BCUT2D eigenvalue weighted by molar-refractivity contribution is 7.15. The molecule has 1 aromatic rings. The highest BCUT2D eigenvalue weighted by Gasteiger charge is 2.27. The van der Waals surface area contributed by atoms with Gasteiger partial charge in [0.05, 0.1) is 0 Å². The third-order valence-electron chi connectivity index (χ3n) is 4.79. The van der Waals surface area contributed by atoms with Crippen molar-refractivity contribution in [3.63, 3.8) is 0 Å². The number of carbonyl (C=O) groups excluding carboxylic acids is 1. The van der Waals surface area contributed by atoms with E-state index in [1.54, 1.807) is 0 Å². The highest BCUT2D eigenvalue weighted by atomic mass is 32.1. The van der Waals surface area contributed by atoms with E-state index in [-0.39, 0.29) is 5.91 Å². The van der Waals surface area contributed by atoms with Crippen molar-refractivity contribution in [1.29, 1.82) is 0 Å². The van der Waals surface area contributed by atoms with Crippen LogP contribution in [-0.2, 0) is 4.79 Å². The van der Waals surface area contributed by atoms with Gasteiger partial charge in [-0.05, 0) is 59.3 Å². The Morgan fingerprint density at radius 3 is 2.83 bits per heavy atom. The summed E-state index contributed by atoms with van der Waals surface area (Å²) in [5.74, 6) is 0.650. The molecule has 128 valence electrons. The quantitative estimate of drug-likeness (QED) is 0.862. The van der Waals surface area contributed by atoms with E-state index >= 15 is 0 Å². The number of rotatable bonds is 6. The van der Waals surface area contributed by atoms with Gasteiger partial charge in [-0.3, -0.25) is 4.79 Å². The molecule has 0 radical (unpaired) electrons. The Kier molecular flexibility index (Phi) is 5.61. The van der Waals surface area contributed by atoms with Gasteiger partial charge in [0.25, 0.3) is 0 Å². The van der Waals surface area contributed by atoms with E-state index in [4.69, 9.17) is 0 Å². The summed E-state index contributed by atoms with van der Waals surface area (Å²) in [5.41, 5.74) is 0. The van der Waals surface area contributed by atoms with Gasteiger partial charge in [-0.15, -0.1) is 10.2 Å². The molecule has 6 nitrogen and oxygen atoms in total. The summed E-state index contributed by atoms with van der Waals surface area (Å²) < 4.78 is 0. The van der Waals surface area contributed by atoms with Gasteiger partial charge in [-0.2, -0.15) is 0 Å². The lowest BCUT2D eigenvalue weighted by Crippen LogP contribution is -2.31. The summed E-state index contributed by atoms with van der Waals surface area (Å²) in [6, 6.07) is 0.677. The van der Waals surface area contributed by atoms with Crippen molar-refractivity contribution >= 4 is 22.4 Å². The van der Waals surface area contributed by atoms with Crippen LogP contribution in [0, 0.1) is 0 Å². The average molecular weight is 337 g/mol. The van der Waals surface area contributed by atoms with Crippen LogP contribution < -0.4 is 5.32 Å². The molecule has 1 atom stereocenters. The SMILES string of the molecule is CN(C)[C@@H]1CCCN(CCC(=O)Nc2nnc(C3CC3)s2)CC1. The highest BCUT2D eigenvalue weighted by Crippen LogP contribution is 2.42. The van der Waals surface area contributed by atoms with Gasteiger partial charge in [-0.1, -0.05) is 11.3 Å². The second kappa shape index (κ2) is 7.68. The summed E-state index contributed by atoms with van der Waals surface area (Å²) in [6.45, 7) is 3.02. The minimum absolute atomic E-state index is 0.0527. The molecule has 1 N–H and O–H groups in total. The molecule has 2 fully saturated rings. The van der Waals surface area contributed by atoms with Crippen molar-refractivity contribution in [2.45, 2.75) is 50.5 Å². The molecule has 1 amide bonds. The average Bonchev–Trinajstić information content (AvgIpc) is 3.30. The maximum Gasteiger partial charge on any atom is 0.227 e. The van der Waals surface area contributed by atoms with E-state index in [0.717, 1.165) is 24.6 Å². The van der Waals surface area contributed by atoms with E-state index in [9.17, 15) is 4.79 Å². The van der Waals surface area contributed by atoms with Crippen LogP contribution in [0.1, 0.15) is 49.5 Å². The molecule has 0 spiro atoms. The van der Waals surface area contributed by atoms with Crippen LogP contribution in [0.15, 0.2) is 0 Å². The van der Waals surface area contributed by atoms with Gasteiger partial charge in [0, 0.05) is 24.9 Å². The smallest absolute Gasteiger partial charge is 0.227 e. The summed E-state index contributed by atoms with van der Waals surface area (Å²) in [5, 5.41) is 12.9. The van der Waals surface area contributed by atoms with Crippen molar-refractivity contribution < 1.29 is 4.79 Å². The zero-order chi connectivity index (χ0) is 16.2. The van der Waals surface area contributed by atoms with Crippen LogP contribution >= 0.6 is 11.3 Å². The molecular weight excluding hydrogens is 310 g/mol. The summed E-state index contributed by atoms with van der Waals surface area (Å²) in [4.78, 5) is 16.8. The molecule has 1 saturated heterocycles. The first kappa shape index (κ1) is 16.8. The topological polar surface area (TPSA) is 61.4 Å². The zero-order valence-corrected chi connectivity index (χ0v) is 14.9. The Morgan fingerprint density at radius 2 is 2.09 bits per heavy atom. The van der Waals surface area contributed by atoms with Crippen molar-refractivity contribution in [1.82, 2.24) is 20.0 Å². The first-order chi connectivity index (χ1) is 11.1. The summed E-state index contributed by atoms with van der Waals surface area (Å²) >= 11 is 1.53.